The summed E-state index contributed by atoms with van der Waals surface area (Å²) in [5.74, 6) is 0.989. The van der Waals surface area contributed by atoms with Crippen LogP contribution >= 0.6 is 0 Å². The second-order valence-corrected chi connectivity index (χ2v) is 6.86. The van der Waals surface area contributed by atoms with Crippen molar-refractivity contribution in [3.8, 4) is 5.75 Å². The molecule has 0 saturated heterocycles. The highest BCUT2D eigenvalue weighted by molar-refractivity contribution is 6.06. The van der Waals surface area contributed by atoms with Crippen LogP contribution in [0, 0.1) is 13.8 Å². The summed E-state index contributed by atoms with van der Waals surface area (Å²) in [6.07, 6.45) is 1.10. The van der Waals surface area contributed by atoms with Crippen LogP contribution in [0.25, 0.3) is 0 Å². The van der Waals surface area contributed by atoms with Gasteiger partial charge in [-0.25, -0.2) is 0 Å². The quantitative estimate of drug-likeness (QED) is 0.723. The van der Waals surface area contributed by atoms with E-state index < -0.39 is 6.10 Å². The third-order valence-corrected chi connectivity index (χ3v) is 4.88. The highest BCUT2D eigenvalue weighted by atomic mass is 16.5. The number of benzene rings is 1. The van der Waals surface area contributed by atoms with E-state index in [-0.39, 0.29) is 11.8 Å². The maximum atomic E-state index is 12.8. The van der Waals surface area contributed by atoms with Crippen molar-refractivity contribution in [3.05, 3.63) is 65.4 Å². The van der Waals surface area contributed by atoms with Crippen LogP contribution in [0.4, 0.5) is 11.4 Å². The molecule has 7 nitrogen and oxygen atoms in total. The number of aryl methyl sites for hydroxylation is 1. The van der Waals surface area contributed by atoms with E-state index in [0.29, 0.717) is 29.2 Å². The number of carbonyl (C=O) groups excluding carboxylic acids is 2. The molecule has 0 saturated carbocycles. The first-order valence-electron chi connectivity index (χ1n) is 9.04. The Hall–Kier alpha value is -3.48. The van der Waals surface area contributed by atoms with E-state index in [2.05, 4.69) is 10.6 Å². The molecular weight excluding hydrogens is 358 g/mol. The van der Waals surface area contributed by atoms with E-state index in [1.54, 1.807) is 31.4 Å². The molecule has 3 heterocycles. The van der Waals surface area contributed by atoms with E-state index in [4.69, 9.17) is 9.15 Å². The molecule has 1 aliphatic heterocycles. The third-order valence-electron chi connectivity index (χ3n) is 4.88. The average Bonchev–Trinajstić information content (AvgIpc) is 3.27. The molecule has 0 radical (unpaired) electrons. The van der Waals surface area contributed by atoms with Crippen molar-refractivity contribution >= 4 is 23.2 Å². The summed E-state index contributed by atoms with van der Waals surface area (Å²) >= 11 is 0. The van der Waals surface area contributed by atoms with Gasteiger partial charge in [-0.3, -0.25) is 9.59 Å². The molecule has 28 heavy (non-hydrogen) atoms. The average molecular weight is 379 g/mol. The highest BCUT2D eigenvalue weighted by Gasteiger charge is 2.24. The molecule has 2 aromatic heterocycles. The molecule has 0 fully saturated rings. The molecule has 0 bridgehead atoms. The number of carbonyl (C=O) groups is 2. The molecule has 7 heteroatoms. The fraction of sp³-hybridized carbons (Fsp3) is 0.238. The minimum absolute atomic E-state index is 0.211. The van der Waals surface area contributed by atoms with Crippen LogP contribution in [0.1, 0.15) is 34.4 Å². The number of aromatic nitrogens is 1. The van der Waals surface area contributed by atoms with Gasteiger partial charge in [-0.05, 0) is 57.2 Å². The molecule has 1 aromatic carbocycles. The van der Waals surface area contributed by atoms with Crippen molar-refractivity contribution in [2.24, 2.45) is 0 Å². The Kier molecular flexibility index (Phi) is 4.43. The number of hydrogen-bond acceptors (Lipinski definition) is 4. The molecule has 0 unspecified atom stereocenters. The number of anilines is 2. The lowest BCUT2D eigenvalue weighted by Gasteiger charge is -2.23. The van der Waals surface area contributed by atoms with Crippen LogP contribution in [-0.4, -0.2) is 22.5 Å². The maximum absolute atomic E-state index is 12.8. The Bertz CT molecular complexity index is 1050. The van der Waals surface area contributed by atoms with Crippen molar-refractivity contribution in [3.63, 3.8) is 0 Å². The first-order chi connectivity index (χ1) is 13.4. The molecule has 1 aliphatic rings. The Morgan fingerprint density at radius 1 is 1.25 bits per heavy atom. The normalized spacial score (nSPS) is 15.5. The van der Waals surface area contributed by atoms with Gasteiger partial charge in [0.15, 0.2) is 6.10 Å². The molecule has 144 valence electrons. The monoisotopic (exact) mass is 379 g/mol. The lowest BCUT2D eigenvalue weighted by molar-refractivity contribution is -0.122. The fourth-order valence-corrected chi connectivity index (χ4v) is 3.32. The van der Waals surface area contributed by atoms with Crippen LogP contribution in [-0.2, 0) is 11.3 Å². The van der Waals surface area contributed by atoms with Gasteiger partial charge in [-0.2, -0.15) is 0 Å². The maximum Gasteiger partial charge on any atom is 0.265 e. The number of hydrogen-bond donors (Lipinski definition) is 2. The zero-order valence-corrected chi connectivity index (χ0v) is 15.9. The van der Waals surface area contributed by atoms with Crippen molar-refractivity contribution in [1.82, 2.24) is 4.57 Å². The highest BCUT2D eigenvalue weighted by Crippen LogP contribution is 2.32. The van der Waals surface area contributed by atoms with Crippen molar-refractivity contribution < 1.29 is 18.7 Å². The first-order valence-corrected chi connectivity index (χ1v) is 9.04. The SMILES string of the molecule is Cc1cc(C(=O)Nc2ccc3c(c2)NC(=O)[C@@H](C)O3)c(C)n1Cc1ccco1. The Balaban J connectivity index is 1.55. The van der Waals surface area contributed by atoms with Gasteiger partial charge in [0, 0.05) is 17.1 Å². The summed E-state index contributed by atoms with van der Waals surface area (Å²) in [4.78, 5) is 24.6. The van der Waals surface area contributed by atoms with Gasteiger partial charge in [-0.15, -0.1) is 0 Å². The number of fused-ring (bicyclic) bond motifs is 1. The van der Waals surface area contributed by atoms with Crippen molar-refractivity contribution in [1.29, 1.82) is 0 Å². The van der Waals surface area contributed by atoms with E-state index in [1.807, 2.05) is 36.6 Å². The molecule has 1 atom stereocenters. The van der Waals surface area contributed by atoms with Crippen LogP contribution in [0.5, 0.6) is 5.75 Å². The fourth-order valence-electron chi connectivity index (χ4n) is 3.32. The Morgan fingerprint density at radius 3 is 2.82 bits per heavy atom. The molecular formula is C21H21N3O4. The summed E-state index contributed by atoms with van der Waals surface area (Å²) in [5, 5.41) is 5.67. The topological polar surface area (TPSA) is 85.5 Å². The first kappa shape index (κ1) is 17.9. The standard InChI is InChI=1S/C21H21N3O4/c1-12-9-17(13(2)24(12)11-16-5-4-8-27-16)21(26)22-15-6-7-19-18(10-15)23-20(25)14(3)28-19/h4-10,14H,11H2,1-3H3,(H,22,26)(H,23,25)/t14-/m1/s1. The molecule has 2 amide bonds. The predicted octanol–water partition coefficient (Wildman–Crippen LogP) is 3.72. The Morgan fingerprint density at radius 2 is 2.07 bits per heavy atom. The summed E-state index contributed by atoms with van der Waals surface area (Å²) in [5.41, 5.74) is 3.55. The number of rotatable bonds is 4. The number of nitrogens with zero attached hydrogens (tertiary/aromatic N) is 1. The van der Waals surface area contributed by atoms with Crippen molar-refractivity contribution in [2.45, 2.75) is 33.4 Å². The van der Waals surface area contributed by atoms with Gasteiger partial charge < -0.3 is 24.4 Å². The summed E-state index contributed by atoms with van der Waals surface area (Å²) < 4.78 is 13.0. The van der Waals surface area contributed by atoms with Crippen molar-refractivity contribution in [2.75, 3.05) is 10.6 Å². The lowest BCUT2D eigenvalue weighted by atomic mass is 10.2. The van der Waals surface area contributed by atoms with Gasteiger partial charge >= 0.3 is 0 Å². The Labute approximate surface area is 162 Å². The summed E-state index contributed by atoms with van der Waals surface area (Å²) in [7, 11) is 0. The summed E-state index contributed by atoms with van der Waals surface area (Å²) in [6.45, 7) is 6.12. The molecule has 2 N–H and O–H groups in total. The van der Waals surface area contributed by atoms with E-state index >= 15 is 0 Å². The third kappa shape index (κ3) is 3.26. The number of amides is 2. The van der Waals surface area contributed by atoms with Crippen LogP contribution < -0.4 is 15.4 Å². The molecule has 3 aromatic rings. The minimum Gasteiger partial charge on any atom is -0.479 e. The minimum atomic E-state index is -0.535. The molecule has 0 spiro atoms. The van der Waals surface area contributed by atoms with Gasteiger partial charge in [0.2, 0.25) is 0 Å². The van der Waals surface area contributed by atoms with E-state index in [1.165, 1.54) is 0 Å². The zero-order chi connectivity index (χ0) is 19.8. The van der Waals surface area contributed by atoms with E-state index in [0.717, 1.165) is 17.1 Å². The zero-order valence-electron chi connectivity index (χ0n) is 15.9. The number of ether oxygens (including phenoxy) is 1. The largest absolute Gasteiger partial charge is 0.479 e. The summed E-state index contributed by atoms with van der Waals surface area (Å²) in [6, 6.07) is 10.8. The second kappa shape index (κ2) is 6.92. The second-order valence-electron chi connectivity index (χ2n) is 6.86. The number of nitrogens with one attached hydrogen (secondary N) is 2. The smallest absolute Gasteiger partial charge is 0.265 e. The number of furan rings is 1. The van der Waals surface area contributed by atoms with Gasteiger partial charge in [-0.1, -0.05) is 0 Å². The van der Waals surface area contributed by atoms with E-state index in [9.17, 15) is 9.59 Å². The van der Waals surface area contributed by atoms with Crippen LogP contribution in [0.2, 0.25) is 0 Å². The molecule has 4 rings (SSSR count). The lowest BCUT2D eigenvalue weighted by Crippen LogP contribution is -2.34. The van der Waals surface area contributed by atoms with Gasteiger partial charge in [0.25, 0.3) is 11.8 Å². The predicted molar refractivity (Wildman–Crippen MR) is 105 cm³/mol. The van der Waals surface area contributed by atoms with Crippen LogP contribution in [0.15, 0.2) is 47.1 Å². The van der Waals surface area contributed by atoms with Gasteiger partial charge in [0.05, 0.1) is 24.1 Å². The van der Waals surface area contributed by atoms with Gasteiger partial charge in [0.1, 0.15) is 11.5 Å². The molecule has 0 aliphatic carbocycles. The van der Waals surface area contributed by atoms with Crippen LogP contribution in [0.3, 0.4) is 0 Å².